The van der Waals surface area contributed by atoms with Gasteiger partial charge in [0.2, 0.25) is 0 Å². The van der Waals surface area contributed by atoms with Crippen LogP contribution in [0.4, 0.5) is 0 Å². The third-order valence-corrected chi connectivity index (χ3v) is 4.38. The number of halogens is 1. The lowest BCUT2D eigenvalue weighted by molar-refractivity contribution is 0.832. The van der Waals surface area contributed by atoms with Gasteiger partial charge in [-0.1, -0.05) is 0 Å². The van der Waals surface area contributed by atoms with Crippen LogP contribution in [0, 0.1) is 2.88 Å². The number of nitrogens with one attached hydrogen (secondary N) is 2. The van der Waals surface area contributed by atoms with Crippen molar-refractivity contribution in [1.29, 1.82) is 0 Å². The van der Waals surface area contributed by atoms with Crippen molar-refractivity contribution in [2.75, 3.05) is 0 Å². The lowest BCUT2D eigenvalue weighted by Gasteiger charge is -1.94. The summed E-state index contributed by atoms with van der Waals surface area (Å²) < 4.78 is 2.44. The fraction of sp³-hybridized carbons (Fsp3) is 0.100. The van der Waals surface area contributed by atoms with E-state index >= 15 is 0 Å². The SMILES string of the molecule is Cn1c(=O)[nH]c(=O)c2[nH]c(-c3csc(I)c3)nc21. The third kappa shape index (κ3) is 1.72. The van der Waals surface area contributed by atoms with E-state index in [9.17, 15) is 9.59 Å². The lowest BCUT2D eigenvalue weighted by atomic mass is 10.3. The second-order valence-corrected chi connectivity index (χ2v) is 6.55. The van der Waals surface area contributed by atoms with E-state index in [0.29, 0.717) is 17.0 Å². The van der Waals surface area contributed by atoms with Gasteiger partial charge in [0.25, 0.3) is 5.56 Å². The van der Waals surface area contributed by atoms with E-state index in [4.69, 9.17) is 0 Å². The average Bonchev–Trinajstić information content (AvgIpc) is 2.92. The molecule has 0 amide bonds. The van der Waals surface area contributed by atoms with Gasteiger partial charge in [-0.2, -0.15) is 0 Å². The molecular formula is C10H7IN4O2S. The molecule has 0 aliphatic carbocycles. The van der Waals surface area contributed by atoms with Crippen LogP contribution in [-0.2, 0) is 7.05 Å². The number of H-pyrrole nitrogens is 2. The van der Waals surface area contributed by atoms with Crippen molar-refractivity contribution in [1.82, 2.24) is 19.5 Å². The summed E-state index contributed by atoms with van der Waals surface area (Å²) in [5, 5.41) is 1.95. The number of rotatable bonds is 1. The minimum atomic E-state index is -0.467. The van der Waals surface area contributed by atoms with Crippen LogP contribution >= 0.6 is 33.9 Å². The first-order chi connectivity index (χ1) is 8.56. The van der Waals surface area contributed by atoms with Crippen LogP contribution in [0.5, 0.6) is 0 Å². The van der Waals surface area contributed by atoms with E-state index in [2.05, 4.69) is 37.5 Å². The second-order valence-electron chi connectivity index (χ2n) is 3.74. The Labute approximate surface area is 118 Å². The summed E-state index contributed by atoms with van der Waals surface area (Å²) in [5.41, 5.74) is 0.669. The van der Waals surface area contributed by atoms with Crippen LogP contribution in [0.3, 0.4) is 0 Å². The Kier molecular flexibility index (Phi) is 2.63. The Morgan fingerprint density at radius 3 is 2.83 bits per heavy atom. The maximum atomic E-state index is 11.7. The van der Waals surface area contributed by atoms with Gasteiger partial charge in [0, 0.05) is 18.0 Å². The Morgan fingerprint density at radius 1 is 1.39 bits per heavy atom. The van der Waals surface area contributed by atoms with Gasteiger partial charge in [-0.15, -0.1) is 11.3 Å². The summed E-state index contributed by atoms with van der Waals surface area (Å²) in [7, 11) is 1.57. The molecule has 3 aromatic rings. The van der Waals surface area contributed by atoms with Crippen LogP contribution in [0.25, 0.3) is 22.6 Å². The molecule has 0 unspecified atom stereocenters. The number of hydrogen-bond acceptors (Lipinski definition) is 4. The molecule has 0 atom stereocenters. The predicted octanol–water partition coefficient (Wildman–Crippen LogP) is 1.28. The first kappa shape index (κ1) is 11.7. The van der Waals surface area contributed by atoms with Crippen molar-refractivity contribution in [3.05, 3.63) is 35.2 Å². The molecule has 92 valence electrons. The average molecular weight is 374 g/mol. The Morgan fingerprint density at radius 2 is 2.17 bits per heavy atom. The number of fused-ring (bicyclic) bond motifs is 1. The number of nitrogens with zero attached hydrogens (tertiary/aromatic N) is 2. The standard InChI is InChI=1S/C10H7IN4O2S/c1-15-8-6(9(16)14-10(15)17)12-7(13-8)4-2-5(11)18-3-4/h2-3H,1H3,(H,12,13)(H,14,16,17). The van der Waals surface area contributed by atoms with Gasteiger partial charge < -0.3 is 4.98 Å². The zero-order valence-electron chi connectivity index (χ0n) is 9.15. The summed E-state index contributed by atoms with van der Waals surface area (Å²) in [6, 6.07) is 1.97. The van der Waals surface area contributed by atoms with Crippen molar-refractivity contribution < 1.29 is 0 Å². The smallest absolute Gasteiger partial charge is 0.329 e. The van der Waals surface area contributed by atoms with E-state index in [1.54, 1.807) is 18.4 Å². The molecule has 0 aliphatic rings. The number of aromatic amines is 2. The van der Waals surface area contributed by atoms with Gasteiger partial charge in [0.15, 0.2) is 5.65 Å². The topological polar surface area (TPSA) is 83.5 Å². The zero-order valence-corrected chi connectivity index (χ0v) is 12.1. The molecule has 0 fully saturated rings. The second kappa shape index (κ2) is 4.05. The number of imidazole rings is 1. The maximum Gasteiger partial charge on any atom is 0.329 e. The van der Waals surface area contributed by atoms with Crippen molar-refractivity contribution in [2.45, 2.75) is 0 Å². The van der Waals surface area contributed by atoms with Crippen LogP contribution in [0.2, 0.25) is 0 Å². The molecule has 0 bridgehead atoms. The monoisotopic (exact) mass is 374 g/mol. The normalized spacial score (nSPS) is 11.2. The highest BCUT2D eigenvalue weighted by molar-refractivity contribution is 14.1. The Hall–Kier alpha value is -1.42. The van der Waals surface area contributed by atoms with E-state index in [0.717, 1.165) is 8.45 Å². The molecule has 18 heavy (non-hydrogen) atoms. The summed E-state index contributed by atoms with van der Waals surface area (Å²) in [4.78, 5) is 32.6. The molecule has 0 radical (unpaired) electrons. The fourth-order valence-corrected chi connectivity index (χ4v) is 3.01. The van der Waals surface area contributed by atoms with Crippen LogP contribution in [0.15, 0.2) is 21.0 Å². The molecule has 3 aromatic heterocycles. The summed E-state index contributed by atoms with van der Waals surface area (Å²) in [5.74, 6) is 0.593. The van der Waals surface area contributed by atoms with Gasteiger partial charge in [0.1, 0.15) is 11.3 Å². The first-order valence-electron chi connectivity index (χ1n) is 4.99. The van der Waals surface area contributed by atoms with E-state index < -0.39 is 11.2 Å². The maximum absolute atomic E-state index is 11.7. The van der Waals surface area contributed by atoms with Gasteiger partial charge in [0.05, 0.1) is 2.88 Å². The number of hydrogen-bond donors (Lipinski definition) is 2. The Bertz CT molecular complexity index is 857. The van der Waals surface area contributed by atoms with Crippen molar-refractivity contribution in [3.8, 4) is 11.4 Å². The predicted molar refractivity (Wildman–Crippen MR) is 78.0 cm³/mol. The molecule has 0 aliphatic heterocycles. The van der Waals surface area contributed by atoms with Crippen LogP contribution < -0.4 is 11.2 Å². The quantitative estimate of drug-likeness (QED) is 0.630. The third-order valence-electron chi connectivity index (χ3n) is 2.60. The van der Waals surface area contributed by atoms with Crippen molar-refractivity contribution in [3.63, 3.8) is 0 Å². The molecule has 8 heteroatoms. The summed E-state index contributed by atoms with van der Waals surface area (Å²) in [6.45, 7) is 0. The molecule has 0 aromatic carbocycles. The summed E-state index contributed by atoms with van der Waals surface area (Å²) >= 11 is 3.81. The molecule has 0 saturated heterocycles. The van der Waals surface area contributed by atoms with Crippen LogP contribution in [-0.4, -0.2) is 19.5 Å². The van der Waals surface area contributed by atoms with Crippen LogP contribution in [0.1, 0.15) is 0 Å². The number of thiophene rings is 1. The van der Waals surface area contributed by atoms with E-state index in [-0.39, 0.29) is 0 Å². The minimum absolute atomic E-state index is 0.313. The molecule has 0 spiro atoms. The summed E-state index contributed by atoms with van der Waals surface area (Å²) in [6.07, 6.45) is 0. The van der Waals surface area contributed by atoms with E-state index in [1.807, 2.05) is 11.4 Å². The fourth-order valence-electron chi connectivity index (χ4n) is 1.68. The molecule has 2 N–H and O–H groups in total. The highest BCUT2D eigenvalue weighted by Gasteiger charge is 2.12. The first-order valence-corrected chi connectivity index (χ1v) is 6.95. The van der Waals surface area contributed by atoms with Gasteiger partial charge in [-0.3, -0.25) is 14.3 Å². The highest BCUT2D eigenvalue weighted by atomic mass is 127. The molecule has 3 heterocycles. The van der Waals surface area contributed by atoms with Gasteiger partial charge in [-0.05, 0) is 28.7 Å². The molecule has 6 nitrogen and oxygen atoms in total. The van der Waals surface area contributed by atoms with Crippen molar-refractivity contribution in [2.24, 2.45) is 7.05 Å². The lowest BCUT2D eigenvalue weighted by Crippen LogP contribution is -2.28. The zero-order chi connectivity index (χ0) is 12.9. The van der Waals surface area contributed by atoms with Crippen molar-refractivity contribution >= 4 is 45.1 Å². The largest absolute Gasteiger partial charge is 0.332 e. The highest BCUT2D eigenvalue weighted by Crippen LogP contribution is 2.25. The molecular weight excluding hydrogens is 367 g/mol. The van der Waals surface area contributed by atoms with Gasteiger partial charge >= 0.3 is 5.69 Å². The Balaban J connectivity index is 2.35. The number of aryl methyl sites for hydroxylation is 1. The molecule has 3 rings (SSSR count). The molecule has 0 saturated carbocycles. The number of aromatic nitrogens is 4. The van der Waals surface area contributed by atoms with E-state index in [1.165, 1.54) is 4.57 Å². The minimum Gasteiger partial charge on any atom is -0.332 e. The van der Waals surface area contributed by atoms with Gasteiger partial charge in [-0.25, -0.2) is 9.78 Å².